The van der Waals surface area contributed by atoms with Gasteiger partial charge in [0.15, 0.2) is 0 Å². The van der Waals surface area contributed by atoms with Crippen LogP contribution in [-0.4, -0.2) is 11.6 Å². The summed E-state index contributed by atoms with van der Waals surface area (Å²) in [5.41, 5.74) is 0.753. The maximum Gasteiger partial charge on any atom is 0.108 e. The molecule has 1 aliphatic rings. The van der Waals surface area contributed by atoms with E-state index in [9.17, 15) is 0 Å². The minimum Gasteiger partial charge on any atom is -0.265 e. The fourth-order valence-electron chi connectivity index (χ4n) is 0.409. The molecule has 1 nitrogen and oxygen atoms in total. The number of aliphatic imine (C=N–C) groups is 1. The normalized spacial score (nSPS) is 17.1. The van der Waals surface area contributed by atoms with Crippen molar-refractivity contribution in [1.29, 1.82) is 0 Å². The van der Waals surface area contributed by atoms with E-state index in [-0.39, 0.29) is 0 Å². The Labute approximate surface area is 52.9 Å². The van der Waals surface area contributed by atoms with E-state index < -0.39 is 0 Å². The van der Waals surface area contributed by atoms with E-state index in [1.165, 1.54) is 0 Å². The van der Waals surface area contributed by atoms with Crippen molar-refractivity contribution in [3.63, 3.8) is 0 Å². The van der Waals surface area contributed by atoms with E-state index in [0.717, 1.165) is 11.6 Å². The van der Waals surface area contributed by atoms with E-state index in [0.29, 0.717) is 0 Å². The van der Waals surface area contributed by atoms with Crippen molar-refractivity contribution in [3.05, 3.63) is 11.5 Å². The van der Waals surface area contributed by atoms with Crippen molar-refractivity contribution >= 4 is 17.5 Å². The summed E-state index contributed by atoms with van der Waals surface area (Å²) in [4.78, 5) is 4.00. The Hall–Kier alpha value is -0.680. The van der Waals surface area contributed by atoms with Crippen LogP contribution in [0, 0.1) is 12.3 Å². The zero-order valence-electron chi connectivity index (χ0n) is 4.29. The predicted octanol–water partition coefficient (Wildman–Crippen LogP) is 1.28. The highest BCUT2D eigenvalue weighted by molar-refractivity contribution is 8.02. The van der Waals surface area contributed by atoms with E-state index in [4.69, 9.17) is 6.42 Å². The van der Waals surface area contributed by atoms with Gasteiger partial charge >= 0.3 is 0 Å². The lowest BCUT2D eigenvalue weighted by molar-refractivity contribution is 1.39. The zero-order valence-corrected chi connectivity index (χ0v) is 5.11. The second kappa shape index (κ2) is 2.58. The van der Waals surface area contributed by atoms with Gasteiger partial charge in [0.1, 0.15) is 5.71 Å². The third-order valence-electron chi connectivity index (χ3n) is 0.779. The molecular formula is C6H5NS. The van der Waals surface area contributed by atoms with Gasteiger partial charge in [-0.3, -0.25) is 4.99 Å². The summed E-state index contributed by atoms with van der Waals surface area (Å²) in [6.07, 6.45) is 6.90. The molecule has 0 aliphatic carbocycles. The summed E-state index contributed by atoms with van der Waals surface area (Å²) in [5.74, 6) is 3.23. The largest absolute Gasteiger partial charge is 0.265 e. The number of allylic oxidation sites excluding steroid dienone is 1. The van der Waals surface area contributed by atoms with Crippen LogP contribution in [0.3, 0.4) is 0 Å². The van der Waals surface area contributed by atoms with Crippen molar-refractivity contribution in [2.24, 2.45) is 4.99 Å². The smallest absolute Gasteiger partial charge is 0.108 e. The molecule has 0 amide bonds. The Bertz CT molecular complexity index is 173. The molecule has 0 N–H and O–H groups in total. The van der Waals surface area contributed by atoms with Crippen molar-refractivity contribution in [2.45, 2.75) is 0 Å². The molecule has 1 rings (SSSR count). The minimum atomic E-state index is 0.753. The number of nitrogens with zero attached hydrogens (tertiary/aromatic N) is 1. The van der Waals surface area contributed by atoms with E-state index in [1.54, 1.807) is 11.8 Å². The van der Waals surface area contributed by atoms with Crippen LogP contribution < -0.4 is 0 Å². The van der Waals surface area contributed by atoms with Gasteiger partial charge in [0.2, 0.25) is 0 Å². The molecule has 0 atom stereocenters. The topological polar surface area (TPSA) is 12.4 Å². The molecule has 1 aliphatic heterocycles. The maximum absolute atomic E-state index is 5.06. The van der Waals surface area contributed by atoms with Crippen LogP contribution in [0.15, 0.2) is 16.5 Å². The third-order valence-corrected chi connectivity index (χ3v) is 1.39. The van der Waals surface area contributed by atoms with Gasteiger partial charge in [0, 0.05) is 0 Å². The lowest BCUT2D eigenvalue weighted by Gasteiger charge is -1.95. The molecule has 0 aromatic heterocycles. The van der Waals surface area contributed by atoms with Gasteiger partial charge in [0.05, 0.1) is 5.88 Å². The average Bonchev–Trinajstić information content (AvgIpc) is 1.90. The Morgan fingerprint density at radius 1 is 1.88 bits per heavy atom. The number of thioether (sulfide) groups is 1. The van der Waals surface area contributed by atoms with Gasteiger partial charge < -0.3 is 0 Å². The fourth-order valence-corrected chi connectivity index (χ4v) is 0.934. The first-order chi connectivity index (χ1) is 3.93. The highest BCUT2D eigenvalue weighted by Crippen LogP contribution is 2.07. The summed E-state index contributed by atoms with van der Waals surface area (Å²) < 4.78 is 0. The molecule has 0 aromatic rings. The summed E-state index contributed by atoms with van der Waals surface area (Å²) in [5, 5.41) is 1.96. The van der Waals surface area contributed by atoms with Gasteiger partial charge in [0.25, 0.3) is 0 Å². The van der Waals surface area contributed by atoms with Gasteiger partial charge in [-0.2, -0.15) is 0 Å². The molecule has 2 heteroatoms. The van der Waals surface area contributed by atoms with Crippen molar-refractivity contribution < 1.29 is 0 Å². The molecule has 0 aromatic carbocycles. The average molecular weight is 123 g/mol. The first kappa shape index (κ1) is 5.46. The molecule has 40 valence electrons. The van der Waals surface area contributed by atoms with E-state index in [2.05, 4.69) is 10.9 Å². The van der Waals surface area contributed by atoms with Crippen LogP contribution in [0.2, 0.25) is 0 Å². The second-order valence-electron chi connectivity index (χ2n) is 1.29. The number of terminal acetylenes is 1. The van der Waals surface area contributed by atoms with Crippen LogP contribution in [0.1, 0.15) is 0 Å². The molecule has 0 bridgehead atoms. The maximum atomic E-state index is 5.06. The molecule has 1 heterocycles. The Morgan fingerprint density at radius 3 is 3.12 bits per heavy atom. The van der Waals surface area contributed by atoms with Crippen LogP contribution in [-0.2, 0) is 0 Å². The number of hydrogen-bond donors (Lipinski definition) is 0. The molecule has 0 spiro atoms. The lowest BCUT2D eigenvalue weighted by atomic mass is 10.4. The fraction of sp³-hybridized carbons (Fsp3) is 0.167. The first-order valence-corrected chi connectivity index (χ1v) is 3.27. The zero-order chi connectivity index (χ0) is 5.82. The number of hydrogen-bond acceptors (Lipinski definition) is 2. The Balaban J connectivity index is 2.68. The SMILES string of the molecule is C#CC1=NCSC=C1. The quantitative estimate of drug-likeness (QED) is 0.442. The standard InChI is InChI=1S/C6H5NS/c1-2-6-3-4-8-5-7-6/h1,3-4H,5H2. The van der Waals surface area contributed by atoms with Crippen molar-refractivity contribution in [2.75, 3.05) is 5.88 Å². The Kier molecular flexibility index (Phi) is 1.76. The summed E-state index contributed by atoms with van der Waals surface area (Å²) in [6.45, 7) is 0. The highest BCUT2D eigenvalue weighted by atomic mass is 32.2. The molecule has 0 fully saturated rings. The first-order valence-electron chi connectivity index (χ1n) is 2.22. The van der Waals surface area contributed by atoms with E-state index in [1.807, 2.05) is 11.5 Å². The minimum absolute atomic E-state index is 0.753. The van der Waals surface area contributed by atoms with Gasteiger partial charge in [-0.15, -0.1) is 18.2 Å². The number of rotatable bonds is 0. The van der Waals surface area contributed by atoms with Gasteiger partial charge in [-0.05, 0) is 11.5 Å². The van der Waals surface area contributed by atoms with Crippen molar-refractivity contribution in [1.82, 2.24) is 0 Å². The van der Waals surface area contributed by atoms with Gasteiger partial charge in [-0.25, -0.2) is 0 Å². The lowest BCUT2D eigenvalue weighted by Crippen LogP contribution is -1.91. The van der Waals surface area contributed by atoms with Crippen LogP contribution in [0.4, 0.5) is 0 Å². The second-order valence-corrected chi connectivity index (χ2v) is 2.15. The Morgan fingerprint density at radius 2 is 2.75 bits per heavy atom. The van der Waals surface area contributed by atoms with Crippen LogP contribution in [0.25, 0.3) is 0 Å². The molecule has 0 saturated carbocycles. The molecular weight excluding hydrogens is 118 g/mol. The highest BCUT2D eigenvalue weighted by Gasteiger charge is 1.90. The monoisotopic (exact) mass is 123 g/mol. The summed E-state index contributed by atoms with van der Waals surface area (Å²) in [7, 11) is 0. The third kappa shape index (κ3) is 1.14. The summed E-state index contributed by atoms with van der Waals surface area (Å²) in [6, 6.07) is 0. The summed E-state index contributed by atoms with van der Waals surface area (Å²) >= 11 is 1.65. The molecule has 0 unspecified atom stereocenters. The molecule has 0 radical (unpaired) electrons. The van der Waals surface area contributed by atoms with Crippen LogP contribution in [0.5, 0.6) is 0 Å². The van der Waals surface area contributed by atoms with Gasteiger partial charge in [-0.1, -0.05) is 5.92 Å². The van der Waals surface area contributed by atoms with Crippen molar-refractivity contribution in [3.8, 4) is 12.3 Å². The van der Waals surface area contributed by atoms with Crippen LogP contribution >= 0.6 is 11.8 Å². The predicted molar refractivity (Wildman–Crippen MR) is 37.9 cm³/mol. The molecule has 8 heavy (non-hydrogen) atoms. The molecule has 0 saturated heterocycles. The van der Waals surface area contributed by atoms with E-state index >= 15 is 0 Å².